The van der Waals surface area contributed by atoms with Gasteiger partial charge in [-0.2, -0.15) is 0 Å². The van der Waals surface area contributed by atoms with Gasteiger partial charge in [0.1, 0.15) is 19.3 Å². The summed E-state index contributed by atoms with van der Waals surface area (Å²) in [5.41, 5.74) is 0. The number of unbranched alkanes of at least 4 members (excludes halogenated alkanes) is 43. The zero-order valence-electron chi connectivity index (χ0n) is 62.8. The summed E-state index contributed by atoms with van der Waals surface area (Å²) < 4.78 is 68.6. The summed E-state index contributed by atoms with van der Waals surface area (Å²) >= 11 is 0. The van der Waals surface area contributed by atoms with E-state index in [1.165, 1.54) is 205 Å². The van der Waals surface area contributed by atoms with E-state index in [4.69, 9.17) is 37.0 Å². The van der Waals surface area contributed by atoms with Crippen LogP contribution in [0.1, 0.15) is 395 Å². The molecule has 17 nitrogen and oxygen atoms in total. The van der Waals surface area contributed by atoms with Gasteiger partial charge in [0, 0.05) is 25.7 Å². The Morgan fingerprint density at radius 1 is 0.281 bits per heavy atom. The Morgan fingerprint density at radius 3 is 0.708 bits per heavy atom. The molecule has 0 aromatic carbocycles. The molecular formula is C77H150O17P2. The van der Waals surface area contributed by atoms with Gasteiger partial charge in [0.15, 0.2) is 12.2 Å². The maximum atomic E-state index is 13.1. The molecule has 96 heavy (non-hydrogen) atoms. The number of esters is 4. The predicted octanol–water partition coefficient (Wildman–Crippen LogP) is 22.6. The van der Waals surface area contributed by atoms with Gasteiger partial charge in [0.05, 0.1) is 26.4 Å². The largest absolute Gasteiger partial charge is 0.472 e. The average molecular weight is 1410 g/mol. The molecule has 0 aliphatic rings. The molecule has 0 bridgehead atoms. The average Bonchev–Trinajstić information content (AvgIpc) is 1.28. The number of hydrogen-bond acceptors (Lipinski definition) is 15. The molecule has 0 fully saturated rings. The quantitative estimate of drug-likeness (QED) is 0.0222. The van der Waals surface area contributed by atoms with Crippen molar-refractivity contribution in [2.24, 2.45) is 17.8 Å². The van der Waals surface area contributed by atoms with Gasteiger partial charge in [-0.25, -0.2) is 9.13 Å². The van der Waals surface area contributed by atoms with Crippen molar-refractivity contribution in [2.45, 2.75) is 414 Å². The van der Waals surface area contributed by atoms with Gasteiger partial charge >= 0.3 is 39.5 Å². The molecule has 0 radical (unpaired) electrons. The molecule has 0 aromatic heterocycles. The number of carbonyl (C=O) groups is 4. The van der Waals surface area contributed by atoms with Crippen molar-refractivity contribution in [1.82, 2.24) is 0 Å². The summed E-state index contributed by atoms with van der Waals surface area (Å²) in [6.45, 7) is 11.9. The van der Waals surface area contributed by atoms with Crippen LogP contribution in [0.2, 0.25) is 0 Å². The van der Waals surface area contributed by atoms with E-state index in [0.29, 0.717) is 25.7 Å². The molecule has 0 saturated heterocycles. The Kier molecular flexibility index (Phi) is 66.2. The highest BCUT2D eigenvalue weighted by Crippen LogP contribution is 2.45. The molecule has 5 atom stereocenters. The number of aliphatic hydroxyl groups excluding tert-OH is 1. The minimum absolute atomic E-state index is 0.105. The molecular weight excluding hydrogens is 1260 g/mol. The lowest BCUT2D eigenvalue weighted by Crippen LogP contribution is -2.30. The van der Waals surface area contributed by atoms with Crippen molar-refractivity contribution in [3.63, 3.8) is 0 Å². The maximum Gasteiger partial charge on any atom is 0.472 e. The number of hydrogen-bond donors (Lipinski definition) is 3. The summed E-state index contributed by atoms with van der Waals surface area (Å²) in [6, 6.07) is 0. The van der Waals surface area contributed by atoms with Crippen LogP contribution < -0.4 is 0 Å². The highest BCUT2D eigenvalue weighted by atomic mass is 31.2. The number of aliphatic hydroxyl groups is 1. The SMILES string of the molecule is CCCCCCCCCCCCCCCCCC(=O)OC[C@H](COP(=O)(O)OC[C@@H](O)COP(=O)(O)OC[C@@H](COC(=O)CCCCCCCCCCCC(C)C)OC(=O)CCCCCCCCCCCC(C)C)OC(=O)CCCCCCCCCCCCCCCCC(C)C. The summed E-state index contributed by atoms with van der Waals surface area (Å²) in [5.74, 6) is 0.160. The normalized spacial score (nSPS) is 14.1. The molecule has 19 heteroatoms. The van der Waals surface area contributed by atoms with E-state index in [1.54, 1.807) is 0 Å². The van der Waals surface area contributed by atoms with Crippen LogP contribution in [0.3, 0.4) is 0 Å². The van der Waals surface area contributed by atoms with Crippen molar-refractivity contribution in [3.05, 3.63) is 0 Å². The number of carbonyl (C=O) groups excluding carboxylic acids is 4. The molecule has 0 aliphatic carbocycles. The first-order valence-corrected chi connectivity index (χ1v) is 42.8. The van der Waals surface area contributed by atoms with Crippen LogP contribution in [0.25, 0.3) is 0 Å². The van der Waals surface area contributed by atoms with Gasteiger partial charge in [0.2, 0.25) is 0 Å². The molecule has 0 amide bonds. The molecule has 0 rings (SSSR count). The highest BCUT2D eigenvalue weighted by Gasteiger charge is 2.30. The van der Waals surface area contributed by atoms with Crippen LogP contribution in [0.4, 0.5) is 0 Å². The van der Waals surface area contributed by atoms with Crippen LogP contribution >= 0.6 is 15.6 Å². The van der Waals surface area contributed by atoms with E-state index >= 15 is 0 Å². The maximum absolute atomic E-state index is 13.1. The van der Waals surface area contributed by atoms with E-state index < -0.39 is 97.5 Å². The smallest absolute Gasteiger partial charge is 0.462 e. The lowest BCUT2D eigenvalue weighted by atomic mass is 10.0. The molecule has 0 heterocycles. The second-order valence-corrected chi connectivity index (χ2v) is 32.1. The van der Waals surface area contributed by atoms with Crippen LogP contribution in [-0.4, -0.2) is 96.7 Å². The molecule has 0 spiro atoms. The monoisotopic (exact) mass is 1410 g/mol. The number of phosphoric acid groups is 2. The molecule has 3 N–H and O–H groups in total. The molecule has 2 unspecified atom stereocenters. The van der Waals surface area contributed by atoms with Crippen LogP contribution in [0.15, 0.2) is 0 Å². The van der Waals surface area contributed by atoms with E-state index in [9.17, 15) is 43.2 Å². The molecule has 0 aliphatic heterocycles. The Labute approximate surface area is 588 Å². The first-order valence-electron chi connectivity index (χ1n) is 39.8. The van der Waals surface area contributed by atoms with Crippen molar-refractivity contribution >= 4 is 39.5 Å². The van der Waals surface area contributed by atoms with E-state index in [-0.39, 0.29) is 25.7 Å². The first-order chi connectivity index (χ1) is 46.2. The second-order valence-electron chi connectivity index (χ2n) is 29.2. The fraction of sp³-hybridized carbons (Fsp3) is 0.948. The van der Waals surface area contributed by atoms with Gasteiger partial charge in [-0.1, -0.05) is 344 Å². The van der Waals surface area contributed by atoms with E-state index in [1.807, 2.05) is 0 Å². The summed E-state index contributed by atoms with van der Waals surface area (Å²) in [6.07, 6.45) is 54.1. The molecule has 0 aromatic rings. The van der Waals surface area contributed by atoms with Crippen molar-refractivity contribution in [1.29, 1.82) is 0 Å². The fourth-order valence-electron chi connectivity index (χ4n) is 11.8. The first kappa shape index (κ1) is 94.1. The molecule has 570 valence electrons. The second kappa shape index (κ2) is 67.5. The fourth-order valence-corrected chi connectivity index (χ4v) is 13.4. The van der Waals surface area contributed by atoms with Crippen molar-refractivity contribution in [3.8, 4) is 0 Å². The Morgan fingerprint density at radius 2 is 0.479 bits per heavy atom. The number of phosphoric ester groups is 2. The highest BCUT2D eigenvalue weighted by molar-refractivity contribution is 7.47. The number of ether oxygens (including phenoxy) is 4. The Bertz CT molecular complexity index is 1870. The van der Waals surface area contributed by atoms with E-state index in [0.717, 1.165) is 108 Å². The topological polar surface area (TPSA) is 237 Å². The third kappa shape index (κ3) is 70.5. The van der Waals surface area contributed by atoms with Gasteiger partial charge in [-0.15, -0.1) is 0 Å². The molecule has 0 saturated carbocycles. The van der Waals surface area contributed by atoms with E-state index in [2.05, 4.69) is 48.5 Å². The summed E-state index contributed by atoms with van der Waals surface area (Å²) in [4.78, 5) is 72.9. The summed E-state index contributed by atoms with van der Waals surface area (Å²) in [7, 11) is -9.91. The third-order valence-corrected chi connectivity index (χ3v) is 19.8. The van der Waals surface area contributed by atoms with Gasteiger partial charge in [0.25, 0.3) is 0 Å². The lowest BCUT2D eigenvalue weighted by molar-refractivity contribution is -0.161. The van der Waals surface area contributed by atoms with Gasteiger partial charge in [-0.3, -0.25) is 37.3 Å². The predicted molar refractivity (Wildman–Crippen MR) is 391 cm³/mol. The van der Waals surface area contributed by atoms with Gasteiger partial charge < -0.3 is 33.8 Å². The van der Waals surface area contributed by atoms with Gasteiger partial charge in [-0.05, 0) is 43.4 Å². The number of rotatable bonds is 75. The van der Waals surface area contributed by atoms with Crippen LogP contribution in [0.5, 0.6) is 0 Å². The van der Waals surface area contributed by atoms with Crippen molar-refractivity contribution < 1.29 is 80.2 Å². The zero-order chi connectivity index (χ0) is 70.9. The minimum atomic E-state index is -4.96. The van der Waals surface area contributed by atoms with Crippen molar-refractivity contribution in [2.75, 3.05) is 39.6 Å². The Hall–Kier alpha value is -1.94. The third-order valence-electron chi connectivity index (χ3n) is 17.9. The van der Waals surface area contributed by atoms with Crippen LogP contribution in [0, 0.1) is 17.8 Å². The Balaban J connectivity index is 5.26. The standard InChI is InChI=1S/C77H150O17P2/c1-8-9-10-11-12-13-14-15-16-20-23-30-37-44-51-58-74(79)87-64-72(93-76(81)60-53-46-39-31-24-21-18-17-19-22-27-34-41-48-55-68(2)3)66-91-95(83,84)89-62-71(78)63-90-96(85,86)92-67-73(94-77(82)61-54-47-40-33-26-29-36-43-50-57-70(6)7)65-88-75(80)59-52-45-38-32-25-28-35-42-49-56-69(4)5/h68-73,78H,8-67H2,1-7H3,(H,83,84)(H,85,86)/t71-,72-,73-/m1/s1. The van der Waals surface area contributed by atoms with Crippen LogP contribution in [-0.2, 0) is 65.4 Å². The lowest BCUT2D eigenvalue weighted by Gasteiger charge is -2.21. The minimum Gasteiger partial charge on any atom is -0.462 e. The summed E-state index contributed by atoms with van der Waals surface area (Å²) in [5, 5.41) is 10.6. The zero-order valence-corrected chi connectivity index (χ0v) is 64.6.